The summed E-state index contributed by atoms with van der Waals surface area (Å²) in [6.45, 7) is 1.35. The second kappa shape index (κ2) is 5.21. The lowest BCUT2D eigenvalue weighted by molar-refractivity contribution is -0.129. The molecule has 2 unspecified atom stereocenters. The van der Waals surface area contributed by atoms with Crippen LogP contribution in [0.2, 0.25) is 0 Å². The number of rotatable bonds is 3. The Labute approximate surface area is 109 Å². The van der Waals surface area contributed by atoms with Crippen molar-refractivity contribution in [3.05, 3.63) is 11.8 Å². The van der Waals surface area contributed by atoms with E-state index in [2.05, 4.69) is 16.0 Å². The number of imide groups is 1. The van der Waals surface area contributed by atoms with E-state index in [0.717, 1.165) is 0 Å². The number of hydrogen-bond donors (Lipinski definition) is 3. The van der Waals surface area contributed by atoms with Crippen molar-refractivity contribution in [1.29, 1.82) is 0 Å². The molecule has 1 fully saturated rings. The zero-order valence-electron chi connectivity index (χ0n) is 10.5. The van der Waals surface area contributed by atoms with Crippen LogP contribution < -0.4 is 16.0 Å². The number of carbonyl (C=O) groups is 4. The fraction of sp³-hybridized carbons (Fsp3) is 0.500. The van der Waals surface area contributed by atoms with Gasteiger partial charge in [0.05, 0.1) is 12.3 Å². The molecule has 2 aliphatic rings. The molecule has 7 heteroatoms. The van der Waals surface area contributed by atoms with Crippen molar-refractivity contribution in [3.8, 4) is 0 Å². The van der Waals surface area contributed by atoms with Gasteiger partial charge in [-0.1, -0.05) is 6.08 Å². The lowest BCUT2D eigenvalue weighted by atomic mass is 9.87. The molecule has 0 aromatic heterocycles. The lowest BCUT2D eigenvalue weighted by Gasteiger charge is -2.32. The maximum absolute atomic E-state index is 11.7. The lowest BCUT2D eigenvalue weighted by Crippen LogP contribution is -2.53. The van der Waals surface area contributed by atoms with Crippen LogP contribution in [0.15, 0.2) is 11.8 Å². The van der Waals surface area contributed by atoms with Gasteiger partial charge in [-0.25, -0.2) is 4.79 Å². The monoisotopic (exact) mass is 265 g/mol. The average molecular weight is 265 g/mol. The van der Waals surface area contributed by atoms with Gasteiger partial charge in [-0.15, -0.1) is 0 Å². The van der Waals surface area contributed by atoms with Gasteiger partial charge in [0, 0.05) is 11.7 Å². The Morgan fingerprint density at radius 1 is 1.37 bits per heavy atom. The SMILES string of the molecule is CC(=O)CC(=O)NC1CC=C2NC(=O)NC(=O)C2C1. The predicted molar refractivity (Wildman–Crippen MR) is 64.7 cm³/mol. The largest absolute Gasteiger partial charge is 0.353 e. The average Bonchev–Trinajstić information content (AvgIpc) is 2.28. The highest BCUT2D eigenvalue weighted by Gasteiger charge is 2.35. The van der Waals surface area contributed by atoms with E-state index in [-0.39, 0.29) is 30.1 Å². The molecular weight excluding hydrogens is 250 g/mol. The van der Waals surface area contributed by atoms with Crippen LogP contribution in [0.1, 0.15) is 26.2 Å². The number of carbonyl (C=O) groups excluding carboxylic acids is 4. The molecule has 4 amide bonds. The quantitative estimate of drug-likeness (QED) is 0.603. The van der Waals surface area contributed by atoms with Crippen LogP contribution in [0.3, 0.4) is 0 Å². The van der Waals surface area contributed by atoms with Crippen LogP contribution in [0, 0.1) is 5.92 Å². The minimum absolute atomic E-state index is 0.152. The molecule has 7 nitrogen and oxygen atoms in total. The molecule has 1 aliphatic heterocycles. The molecule has 1 aliphatic carbocycles. The normalized spacial score (nSPS) is 25.6. The summed E-state index contributed by atoms with van der Waals surface area (Å²) in [6.07, 6.45) is 2.54. The van der Waals surface area contributed by atoms with Crippen LogP contribution in [0.5, 0.6) is 0 Å². The van der Waals surface area contributed by atoms with Crippen molar-refractivity contribution in [3.63, 3.8) is 0 Å². The van der Waals surface area contributed by atoms with Gasteiger partial charge in [0.1, 0.15) is 5.78 Å². The minimum Gasteiger partial charge on any atom is -0.353 e. The first-order valence-corrected chi connectivity index (χ1v) is 6.06. The van der Waals surface area contributed by atoms with Crippen LogP contribution in [-0.4, -0.2) is 29.7 Å². The molecule has 3 N–H and O–H groups in total. The van der Waals surface area contributed by atoms with Gasteiger partial charge in [0.25, 0.3) is 0 Å². The number of urea groups is 1. The highest BCUT2D eigenvalue weighted by molar-refractivity contribution is 6.01. The molecule has 0 radical (unpaired) electrons. The number of ketones is 1. The summed E-state index contributed by atoms with van der Waals surface area (Å²) in [7, 11) is 0. The Bertz CT molecular complexity index is 483. The molecule has 0 aromatic rings. The van der Waals surface area contributed by atoms with E-state index >= 15 is 0 Å². The van der Waals surface area contributed by atoms with Crippen molar-refractivity contribution in [2.75, 3.05) is 0 Å². The van der Waals surface area contributed by atoms with Crippen molar-refractivity contribution in [2.45, 2.75) is 32.2 Å². The standard InChI is InChI=1S/C12H15N3O4/c1-6(16)4-10(17)13-7-2-3-9-8(5-7)11(18)15-12(19)14-9/h3,7-8H,2,4-5H2,1H3,(H,13,17)(H2,14,15,18,19). The van der Waals surface area contributed by atoms with Gasteiger partial charge < -0.3 is 10.6 Å². The Kier molecular flexibility index (Phi) is 3.64. The molecule has 0 bridgehead atoms. The predicted octanol–water partition coefficient (Wildman–Crippen LogP) is -0.416. The summed E-state index contributed by atoms with van der Waals surface area (Å²) in [5.74, 6) is -1.35. The second-order valence-electron chi connectivity index (χ2n) is 4.77. The summed E-state index contributed by atoms with van der Waals surface area (Å²) >= 11 is 0. The first-order valence-electron chi connectivity index (χ1n) is 6.06. The molecule has 19 heavy (non-hydrogen) atoms. The number of Topliss-reactive ketones (excluding diaryl/α,β-unsaturated/α-hetero) is 1. The molecular formula is C12H15N3O4. The van der Waals surface area contributed by atoms with Crippen LogP contribution in [-0.2, 0) is 14.4 Å². The maximum atomic E-state index is 11.7. The van der Waals surface area contributed by atoms with Crippen LogP contribution in [0.4, 0.5) is 4.79 Å². The first-order chi connectivity index (χ1) is 8.95. The zero-order chi connectivity index (χ0) is 14.0. The van der Waals surface area contributed by atoms with Gasteiger partial charge in [-0.05, 0) is 19.8 Å². The third-order valence-corrected chi connectivity index (χ3v) is 3.10. The van der Waals surface area contributed by atoms with Crippen LogP contribution in [0.25, 0.3) is 0 Å². The molecule has 2 rings (SSSR count). The van der Waals surface area contributed by atoms with E-state index < -0.39 is 11.9 Å². The molecule has 0 saturated carbocycles. The van der Waals surface area contributed by atoms with E-state index in [1.54, 1.807) is 6.08 Å². The topological polar surface area (TPSA) is 104 Å². The van der Waals surface area contributed by atoms with E-state index in [1.807, 2.05) is 0 Å². The van der Waals surface area contributed by atoms with E-state index in [0.29, 0.717) is 18.5 Å². The molecule has 2 atom stereocenters. The first kappa shape index (κ1) is 13.3. The van der Waals surface area contributed by atoms with Gasteiger partial charge >= 0.3 is 6.03 Å². The summed E-state index contributed by atoms with van der Waals surface area (Å²) in [4.78, 5) is 45.1. The molecule has 0 aromatic carbocycles. The van der Waals surface area contributed by atoms with Crippen molar-refractivity contribution < 1.29 is 19.2 Å². The maximum Gasteiger partial charge on any atom is 0.325 e. The third kappa shape index (κ3) is 3.18. The van der Waals surface area contributed by atoms with Crippen LogP contribution >= 0.6 is 0 Å². The summed E-state index contributed by atoms with van der Waals surface area (Å²) in [5.41, 5.74) is 0.589. The fourth-order valence-corrected chi connectivity index (χ4v) is 2.29. The van der Waals surface area contributed by atoms with E-state index in [4.69, 9.17) is 0 Å². The van der Waals surface area contributed by atoms with Crippen molar-refractivity contribution in [1.82, 2.24) is 16.0 Å². The molecule has 1 saturated heterocycles. The number of nitrogens with one attached hydrogen (secondary N) is 3. The highest BCUT2D eigenvalue weighted by Crippen LogP contribution is 2.25. The molecule has 0 spiro atoms. The minimum atomic E-state index is -0.522. The van der Waals surface area contributed by atoms with Gasteiger partial charge in [0.15, 0.2) is 0 Å². The van der Waals surface area contributed by atoms with Gasteiger partial charge in [-0.2, -0.15) is 0 Å². The zero-order valence-corrected chi connectivity index (χ0v) is 10.5. The summed E-state index contributed by atoms with van der Waals surface area (Å²) < 4.78 is 0. The molecule has 1 heterocycles. The Hall–Kier alpha value is -2.18. The smallest absolute Gasteiger partial charge is 0.325 e. The van der Waals surface area contributed by atoms with Gasteiger partial charge in [-0.3, -0.25) is 19.7 Å². The van der Waals surface area contributed by atoms with Gasteiger partial charge in [0.2, 0.25) is 11.8 Å². The van der Waals surface area contributed by atoms with Crippen molar-refractivity contribution in [2.24, 2.45) is 5.92 Å². The Balaban J connectivity index is 1.98. The Morgan fingerprint density at radius 2 is 2.11 bits per heavy atom. The highest BCUT2D eigenvalue weighted by atomic mass is 16.2. The Morgan fingerprint density at radius 3 is 2.79 bits per heavy atom. The fourth-order valence-electron chi connectivity index (χ4n) is 2.29. The summed E-state index contributed by atoms with van der Waals surface area (Å²) in [6, 6.07) is -0.715. The number of fused-ring (bicyclic) bond motifs is 1. The van der Waals surface area contributed by atoms with E-state index in [9.17, 15) is 19.2 Å². The van der Waals surface area contributed by atoms with E-state index in [1.165, 1.54) is 6.92 Å². The summed E-state index contributed by atoms with van der Waals surface area (Å²) in [5, 5.41) is 7.48. The second-order valence-corrected chi connectivity index (χ2v) is 4.77. The third-order valence-electron chi connectivity index (χ3n) is 3.10. The van der Waals surface area contributed by atoms with Crippen molar-refractivity contribution >= 4 is 23.6 Å². The number of amides is 4. The number of hydrogen-bond acceptors (Lipinski definition) is 4. The molecule has 102 valence electrons.